The molecule has 0 atom stereocenters. The second-order valence-corrected chi connectivity index (χ2v) is 2.92. The quantitative estimate of drug-likeness (QED) is 0.657. The summed E-state index contributed by atoms with van der Waals surface area (Å²) in [6.45, 7) is -0.219. The van der Waals surface area contributed by atoms with Crippen molar-refractivity contribution in [3.8, 4) is 0 Å². The molecule has 0 radical (unpaired) electrons. The Morgan fingerprint density at radius 3 is 2.19 bits per heavy atom. The molecule has 0 aromatic heterocycles. The fourth-order valence-electron chi connectivity index (χ4n) is 1.36. The van der Waals surface area contributed by atoms with Gasteiger partial charge in [0.05, 0.1) is 11.1 Å². The summed E-state index contributed by atoms with van der Waals surface area (Å²) in [4.78, 5) is 21.6. The van der Waals surface area contributed by atoms with Crippen molar-refractivity contribution in [3.63, 3.8) is 0 Å². The Morgan fingerprint density at radius 2 is 1.75 bits per heavy atom. The normalized spacial score (nSPS) is 9.31. The number of hydrogen-bond donors (Lipinski definition) is 3. The number of aliphatic hydroxyl groups excluding tert-OH is 1. The van der Waals surface area contributed by atoms with Crippen LogP contribution in [0.3, 0.4) is 0 Å². The third-order valence-corrected chi connectivity index (χ3v) is 1.98. The number of carbonyl (C=O) groups is 2. The van der Waals surface area contributed by atoms with Gasteiger partial charge in [0, 0.05) is 6.61 Å². The van der Waals surface area contributed by atoms with E-state index < -0.39 is 11.9 Å². The van der Waals surface area contributed by atoms with E-state index in [1.165, 1.54) is 18.2 Å². The number of carboxylic acid groups (broad SMARTS) is 2. The Bertz CT molecular complexity index is 398. The largest absolute Gasteiger partial charge is 0.478 e. The zero-order valence-electron chi connectivity index (χ0n) is 8.30. The van der Waals surface area contributed by atoms with Gasteiger partial charge in [-0.05, 0) is 18.1 Å². The van der Waals surface area contributed by atoms with Crippen molar-refractivity contribution in [1.29, 1.82) is 0 Å². The molecule has 0 amide bonds. The Labute approximate surface area is 91.1 Å². The molecule has 1 aromatic carbocycles. The summed E-state index contributed by atoms with van der Waals surface area (Å²) < 4.78 is 0. The maximum atomic E-state index is 10.9. The van der Waals surface area contributed by atoms with Gasteiger partial charge in [-0.1, -0.05) is 12.1 Å². The van der Waals surface area contributed by atoms with Crippen LogP contribution in [0, 0.1) is 0 Å². The third kappa shape index (κ3) is 2.78. The van der Waals surface area contributed by atoms with E-state index in [0.29, 0.717) is 5.56 Å². The fourth-order valence-corrected chi connectivity index (χ4v) is 1.36. The van der Waals surface area contributed by atoms with E-state index >= 15 is 0 Å². The molecule has 0 saturated heterocycles. The number of benzene rings is 1. The van der Waals surface area contributed by atoms with E-state index in [4.69, 9.17) is 15.3 Å². The lowest BCUT2D eigenvalue weighted by Crippen LogP contribution is -2.12. The molecule has 0 unspecified atom stereocenters. The van der Waals surface area contributed by atoms with E-state index in [0.717, 1.165) is 0 Å². The second kappa shape index (κ2) is 5.84. The van der Waals surface area contributed by atoms with Gasteiger partial charge in [0.25, 0.3) is 0 Å². The van der Waals surface area contributed by atoms with Crippen molar-refractivity contribution in [3.05, 3.63) is 34.9 Å². The average Bonchev–Trinajstić information content (AvgIpc) is 2.17. The highest BCUT2D eigenvalue weighted by Crippen LogP contribution is 2.15. The minimum Gasteiger partial charge on any atom is -0.478 e. The number of hydrogen-bond acceptors (Lipinski definition) is 3. The molecule has 0 fully saturated rings. The van der Waals surface area contributed by atoms with Crippen LogP contribution in [0.15, 0.2) is 18.2 Å². The topological polar surface area (TPSA) is 126 Å². The van der Waals surface area contributed by atoms with Gasteiger partial charge in [-0.3, -0.25) is 0 Å². The molecule has 1 aromatic rings. The molecule has 88 valence electrons. The molecule has 1 rings (SSSR count). The van der Waals surface area contributed by atoms with Gasteiger partial charge in [0.15, 0.2) is 0 Å². The van der Waals surface area contributed by atoms with Crippen LogP contribution in [0.25, 0.3) is 0 Å². The highest BCUT2D eigenvalue weighted by atomic mass is 16.4. The molecule has 0 spiro atoms. The van der Waals surface area contributed by atoms with E-state index in [-0.39, 0.29) is 29.6 Å². The second-order valence-electron chi connectivity index (χ2n) is 2.92. The van der Waals surface area contributed by atoms with Gasteiger partial charge in [-0.25, -0.2) is 9.59 Å². The van der Waals surface area contributed by atoms with Crippen LogP contribution < -0.4 is 0 Å². The zero-order chi connectivity index (χ0) is 11.4. The Hall–Kier alpha value is -1.92. The van der Waals surface area contributed by atoms with E-state index in [2.05, 4.69) is 0 Å². The summed E-state index contributed by atoms with van der Waals surface area (Å²) >= 11 is 0. The maximum absolute atomic E-state index is 10.9. The van der Waals surface area contributed by atoms with Crippen molar-refractivity contribution >= 4 is 11.9 Å². The first-order valence-corrected chi connectivity index (χ1v) is 4.27. The number of rotatable bonds is 4. The first kappa shape index (κ1) is 14.1. The van der Waals surface area contributed by atoms with Crippen molar-refractivity contribution in [2.24, 2.45) is 0 Å². The van der Waals surface area contributed by atoms with E-state index in [9.17, 15) is 9.59 Å². The molecular formula is C10H12O6. The van der Waals surface area contributed by atoms with Crippen molar-refractivity contribution in [2.75, 3.05) is 6.61 Å². The molecule has 6 nitrogen and oxygen atoms in total. The Kier molecular flexibility index (Phi) is 5.14. The summed E-state index contributed by atoms with van der Waals surface area (Å²) in [5, 5.41) is 26.4. The van der Waals surface area contributed by atoms with Crippen LogP contribution in [0.2, 0.25) is 0 Å². The highest BCUT2D eigenvalue weighted by Gasteiger charge is 2.19. The van der Waals surface area contributed by atoms with Crippen molar-refractivity contribution in [1.82, 2.24) is 0 Å². The minimum atomic E-state index is -1.29. The summed E-state index contributed by atoms with van der Waals surface area (Å²) in [5.41, 5.74) is -0.183. The molecule has 5 N–H and O–H groups in total. The first-order chi connectivity index (χ1) is 7.07. The number of carboxylic acids is 2. The predicted molar refractivity (Wildman–Crippen MR) is 54.8 cm³/mol. The molecule has 0 aliphatic heterocycles. The first-order valence-electron chi connectivity index (χ1n) is 4.27. The zero-order valence-corrected chi connectivity index (χ0v) is 8.30. The highest BCUT2D eigenvalue weighted by molar-refractivity contribution is 6.02. The smallest absolute Gasteiger partial charge is 0.336 e. The van der Waals surface area contributed by atoms with Gasteiger partial charge < -0.3 is 20.8 Å². The van der Waals surface area contributed by atoms with Gasteiger partial charge in [0.2, 0.25) is 0 Å². The SMILES string of the molecule is O.O=C(O)c1cccc(CCO)c1C(=O)O. The maximum Gasteiger partial charge on any atom is 0.336 e. The lowest BCUT2D eigenvalue weighted by atomic mass is 9.99. The number of aliphatic hydroxyl groups is 1. The van der Waals surface area contributed by atoms with Crippen LogP contribution in [-0.4, -0.2) is 39.3 Å². The van der Waals surface area contributed by atoms with Crippen LogP contribution >= 0.6 is 0 Å². The molecule has 0 aliphatic carbocycles. The summed E-state index contributed by atoms with van der Waals surface area (Å²) in [5.74, 6) is -2.58. The summed E-state index contributed by atoms with van der Waals surface area (Å²) in [6.07, 6.45) is 0.128. The Morgan fingerprint density at radius 1 is 1.12 bits per heavy atom. The molecule has 0 bridgehead atoms. The fraction of sp³-hybridized carbons (Fsp3) is 0.200. The summed E-state index contributed by atoms with van der Waals surface area (Å²) in [6, 6.07) is 4.18. The van der Waals surface area contributed by atoms with Gasteiger partial charge in [0.1, 0.15) is 0 Å². The molecular weight excluding hydrogens is 216 g/mol. The molecule has 16 heavy (non-hydrogen) atoms. The van der Waals surface area contributed by atoms with Crippen LogP contribution in [-0.2, 0) is 6.42 Å². The average molecular weight is 228 g/mol. The van der Waals surface area contributed by atoms with Gasteiger partial charge in [-0.15, -0.1) is 0 Å². The number of aromatic carboxylic acids is 2. The van der Waals surface area contributed by atoms with Gasteiger partial charge in [-0.2, -0.15) is 0 Å². The van der Waals surface area contributed by atoms with E-state index in [1.54, 1.807) is 0 Å². The third-order valence-electron chi connectivity index (χ3n) is 1.98. The van der Waals surface area contributed by atoms with Crippen molar-refractivity contribution < 1.29 is 30.4 Å². The van der Waals surface area contributed by atoms with Gasteiger partial charge >= 0.3 is 11.9 Å². The monoisotopic (exact) mass is 228 g/mol. The lowest BCUT2D eigenvalue weighted by Gasteiger charge is -2.07. The summed E-state index contributed by atoms with van der Waals surface area (Å²) in [7, 11) is 0. The van der Waals surface area contributed by atoms with E-state index in [1.807, 2.05) is 0 Å². The minimum absolute atomic E-state index is 0. The predicted octanol–water partition coefficient (Wildman–Crippen LogP) is -0.207. The molecule has 0 heterocycles. The van der Waals surface area contributed by atoms with Crippen LogP contribution in [0.4, 0.5) is 0 Å². The van der Waals surface area contributed by atoms with Crippen molar-refractivity contribution in [2.45, 2.75) is 6.42 Å². The van der Waals surface area contributed by atoms with Crippen LogP contribution in [0.1, 0.15) is 26.3 Å². The standard InChI is InChI=1S/C10H10O5.H2O/c11-5-4-6-2-1-3-7(9(12)13)8(6)10(14)15;/h1-3,11H,4-5H2,(H,12,13)(H,14,15);1H2. The Balaban J connectivity index is 0.00000225. The van der Waals surface area contributed by atoms with Crippen LogP contribution in [0.5, 0.6) is 0 Å². The molecule has 0 saturated carbocycles. The molecule has 0 aliphatic rings. The lowest BCUT2D eigenvalue weighted by molar-refractivity contribution is 0.0650. The molecule has 6 heteroatoms.